The molecular weight excluding hydrogens is 410 g/mol. The lowest BCUT2D eigenvalue weighted by Gasteiger charge is -2.32. The van der Waals surface area contributed by atoms with E-state index in [1.54, 1.807) is 25.8 Å². The fourth-order valence-corrected chi connectivity index (χ4v) is 3.88. The Labute approximate surface area is 187 Å². The molecule has 0 spiro atoms. The Morgan fingerprint density at radius 3 is 2.66 bits per heavy atom. The van der Waals surface area contributed by atoms with Gasteiger partial charge in [-0.2, -0.15) is 0 Å². The van der Waals surface area contributed by atoms with Gasteiger partial charge in [-0.05, 0) is 40.2 Å². The van der Waals surface area contributed by atoms with Gasteiger partial charge < -0.3 is 24.6 Å². The third kappa shape index (κ3) is 4.39. The van der Waals surface area contributed by atoms with Crippen LogP contribution in [0.5, 0.6) is 0 Å². The Hall–Kier alpha value is -3.17. The van der Waals surface area contributed by atoms with Crippen molar-refractivity contribution in [3.05, 3.63) is 42.9 Å². The summed E-state index contributed by atoms with van der Waals surface area (Å²) in [5.41, 5.74) is 7.43. The number of nitrogen functional groups attached to an aromatic ring is 1. The minimum absolute atomic E-state index is 0.257. The van der Waals surface area contributed by atoms with E-state index in [1.165, 1.54) is 6.33 Å². The van der Waals surface area contributed by atoms with E-state index in [9.17, 15) is 4.79 Å². The number of aromatic nitrogens is 3. The molecular formula is C23H29N5O4. The van der Waals surface area contributed by atoms with E-state index in [0.29, 0.717) is 24.6 Å². The van der Waals surface area contributed by atoms with Crippen molar-refractivity contribution in [2.45, 2.75) is 58.5 Å². The lowest BCUT2D eigenvalue weighted by molar-refractivity contribution is -0.235. The third-order valence-corrected chi connectivity index (χ3v) is 5.23. The van der Waals surface area contributed by atoms with Gasteiger partial charge in [-0.15, -0.1) is 0 Å². The van der Waals surface area contributed by atoms with Gasteiger partial charge in [0.15, 0.2) is 0 Å². The summed E-state index contributed by atoms with van der Waals surface area (Å²) in [6, 6.07) is 9.70. The summed E-state index contributed by atoms with van der Waals surface area (Å²) >= 11 is 0. The maximum atomic E-state index is 12.4. The predicted octanol–water partition coefficient (Wildman–Crippen LogP) is 3.98. The number of benzene rings is 1. The lowest BCUT2D eigenvalue weighted by Crippen LogP contribution is -2.47. The maximum Gasteiger partial charge on any atom is 0.528 e. The Morgan fingerprint density at radius 2 is 1.97 bits per heavy atom. The van der Waals surface area contributed by atoms with Crippen LogP contribution in [0.4, 0.5) is 10.6 Å². The van der Waals surface area contributed by atoms with Crippen LogP contribution in [-0.2, 0) is 20.9 Å². The molecule has 170 valence electrons. The highest BCUT2D eigenvalue weighted by atomic mass is 16.8. The number of carbonyl (C=O) groups excluding carboxylic acids is 1. The molecule has 0 aliphatic carbocycles. The quantitative estimate of drug-likeness (QED) is 0.609. The Kier molecular flexibility index (Phi) is 5.56. The minimum Gasteiger partial charge on any atom is -0.427 e. The second kappa shape index (κ2) is 8.07. The van der Waals surface area contributed by atoms with Gasteiger partial charge in [0.05, 0.1) is 18.0 Å². The largest absolute Gasteiger partial charge is 0.528 e. The summed E-state index contributed by atoms with van der Waals surface area (Å²) in [5, 5.41) is 2.34. The van der Waals surface area contributed by atoms with Gasteiger partial charge in [0.1, 0.15) is 29.1 Å². The fourth-order valence-electron chi connectivity index (χ4n) is 3.88. The van der Waals surface area contributed by atoms with Crippen LogP contribution < -0.4 is 5.73 Å². The van der Waals surface area contributed by atoms with Crippen LogP contribution in [0.25, 0.3) is 22.2 Å². The average Bonchev–Trinajstić information content (AvgIpc) is 3.21. The molecule has 1 aromatic carbocycles. The molecule has 2 aromatic heterocycles. The van der Waals surface area contributed by atoms with E-state index in [-0.39, 0.29) is 6.04 Å². The first-order valence-electron chi connectivity index (χ1n) is 10.5. The number of anilines is 1. The summed E-state index contributed by atoms with van der Waals surface area (Å²) in [6.07, 6.45) is 2.68. The van der Waals surface area contributed by atoms with E-state index in [1.807, 2.05) is 54.9 Å². The number of nitrogens with zero attached hydrogens (tertiary/aromatic N) is 4. The van der Waals surface area contributed by atoms with E-state index in [2.05, 4.69) is 9.97 Å². The summed E-state index contributed by atoms with van der Waals surface area (Å²) in [6.45, 7) is 9.90. The zero-order valence-electron chi connectivity index (χ0n) is 19.0. The van der Waals surface area contributed by atoms with Crippen molar-refractivity contribution >= 4 is 23.0 Å². The third-order valence-electron chi connectivity index (χ3n) is 5.23. The van der Waals surface area contributed by atoms with Crippen LogP contribution in [0, 0.1) is 0 Å². The van der Waals surface area contributed by atoms with Crippen LogP contribution in [0.1, 0.15) is 34.6 Å². The molecule has 32 heavy (non-hydrogen) atoms. The SMILES string of the molecule is CC(C)(C)OC(=O)ON1C(Cn2cc(-c3ccccc3)c3c(N)ncnc32)COC1(C)C. The molecule has 0 bridgehead atoms. The van der Waals surface area contributed by atoms with Gasteiger partial charge in [-0.1, -0.05) is 35.4 Å². The van der Waals surface area contributed by atoms with Crippen molar-refractivity contribution in [1.29, 1.82) is 0 Å². The minimum atomic E-state index is -0.805. The molecule has 9 heteroatoms. The normalized spacial score (nSPS) is 18.7. The Bertz CT molecular complexity index is 1120. The van der Waals surface area contributed by atoms with Crippen LogP contribution in [0.3, 0.4) is 0 Å². The van der Waals surface area contributed by atoms with Crippen molar-refractivity contribution in [2.24, 2.45) is 0 Å². The average molecular weight is 440 g/mol. The smallest absolute Gasteiger partial charge is 0.427 e. The molecule has 1 saturated heterocycles. The summed E-state index contributed by atoms with van der Waals surface area (Å²) in [5.74, 6) is 0.414. The van der Waals surface area contributed by atoms with Crippen LogP contribution >= 0.6 is 0 Å². The second-order valence-corrected chi connectivity index (χ2v) is 9.31. The molecule has 4 rings (SSSR count). The number of ether oxygens (including phenoxy) is 2. The molecule has 1 fully saturated rings. The van der Waals surface area contributed by atoms with Crippen molar-refractivity contribution in [3.63, 3.8) is 0 Å². The van der Waals surface area contributed by atoms with Crippen LogP contribution in [0.15, 0.2) is 42.9 Å². The number of nitrogens with two attached hydrogens (primary N) is 1. The summed E-state index contributed by atoms with van der Waals surface area (Å²) in [7, 11) is 0. The van der Waals surface area contributed by atoms with E-state index in [4.69, 9.17) is 20.0 Å². The molecule has 1 aliphatic rings. The van der Waals surface area contributed by atoms with E-state index < -0.39 is 17.5 Å². The molecule has 3 heterocycles. The predicted molar refractivity (Wildman–Crippen MR) is 120 cm³/mol. The molecule has 0 saturated carbocycles. The van der Waals surface area contributed by atoms with Gasteiger partial charge in [-0.3, -0.25) is 0 Å². The molecule has 1 aliphatic heterocycles. The first-order valence-corrected chi connectivity index (χ1v) is 10.5. The van der Waals surface area contributed by atoms with E-state index >= 15 is 0 Å². The lowest BCUT2D eigenvalue weighted by atomic mass is 10.1. The standard InChI is InChI=1S/C23H29N5O4/c1-22(2,3)31-21(29)32-28-16(13-30-23(28,4)5)11-27-12-17(15-9-7-6-8-10-15)18-19(24)25-14-26-20(18)27/h6-10,12,14,16H,11,13H2,1-5H3,(H2,24,25,26). The second-order valence-electron chi connectivity index (χ2n) is 9.31. The number of carbonyl (C=O) groups is 1. The van der Waals surface area contributed by atoms with Crippen LogP contribution in [0.2, 0.25) is 0 Å². The summed E-state index contributed by atoms with van der Waals surface area (Å²) in [4.78, 5) is 26.6. The fraction of sp³-hybridized carbons (Fsp3) is 0.435. The highest BCUT2D eigenvalue weighted by molar-refractivity contribution is 6.00. The molecule has 3 aromatic rings. The van der Waals surface area contributed by atoms with Crippen molar-refractivity contribution in [1.82, 2.24) is 19.6 Å². The topological polar surface area (TPSA) is 105 Å². The van der Waals surface area contributed by atoms with Gasteiger partial charge in [-0.25, -0.2) is 14.8 Å². The van der Waals surface area contributed by atoms with Crippen LogP contribution in [-0.4, -0.2) is 49.7 Å². The van der Waals surface area contributed by atoms with Gasteiger partial charge in [0, 0.05) is 18.3 Å². The van der Waals surface area contributed by atoms with Gasteiger partial charge in [0.2, 0.25) is 0 Å². The van der Waals surface area contributed by atoms with E-state index in [0.717, 1.165) is 16.5 Å². The number of hydrogen-bond acceptors (Lipinski definition) is 8. The molecule has 0 radical (unpaired) electrons. The highest BCUT2D eigenvalue weighted by Crippen LogP contribution is 2.34. The zero-order valence-corrected chi connectivity index (χ0v) is 19.0. The monoisotopic (exact) mass is 439 g/mol. The van der Waals surface area contributed by atoms with Gasteiger partial charge >= 0.3 is 6.16 Å². The Balaban J connectivity index is 1.66. The number of hydrogen-bond donors (Lipinski definition) is 1. The number of hydroxylamine groups is 2. The Morgan fingerprint density at radius 1 is 1.25 bits per heavy atom. The first kappa shape index (κ1) is 22.0. The van der Waals surface area contributed by atoms with Crippen molar-refractivity contribution in [2.75, 3.05) is 12.3 Å². The molecule has 9 nitrogen and oxygen atoms in total. The summed E-state index contributed by atoms with van der Waals surface area (Å²) < 4.78 is 13.3. The molecule has 0 amide bonds. The van der Waals surface area contributed by atoms with Crippen molar-refractivity contribution < 1.29 is 19.1 Å². The zero-order chi connectivity index (χ0) is 23.1. The molecule has 1 atom stereocenters. The number of rotatable bonds is 4. The van der Waals surface area contributed by atoms with Gasteiger partial charge in [0.25, 0.3) is 0 Å². The molecule has 1 unspecified atom stereocenters. The number of fused-ring (bicyclic) bond motifs is 1. The first-order chi connectivity index (χ1) is 15.0. The van der Waals surface area contributed by atoms with Crippen molar-refractivity contribution in [3.8, 4) is 11.1 Å². The maximum absolute atomic E-state index is 12.4. The highest BCUT2D eigenvalue weighted by Gasteiger charge is 2.45. The molecule has 2 N–H and O–H groups in total.